The van der Waals surface area contributed by atoms with Crippen molar-refractivity contribution in [2.24, 2.45) is 5.10 Å². The lowest BCUT2D eigenvalue weighted by molar-refractivity contribution is -0.384. The molecule has 0 aliphatic rings. The average Bonchev–Trinajstić information content (AvgIpc) is 2.62. The molecule has 0 atom stereocenters. The van der Waals surface area contributed by atoms with Gasteiger partial charge < -0.3 is 9.47 Å². The molecule has 0 bridgehead atoms. The Morgan fingerprint density at radius 1 is 1.16 bits per heavy atom. The van der Waals surface area contributed by atoms with Crippen LogP contribution in [0.2, 0.25) is 0 Å². The number of rotatable bonds is 6. The Balaban J connectivity index is 2.10. The van der Waals surface area contributed by atoms with Crippen molar-refractivity contribution in [3.63, 3.8) is 0 Å². The molecule has 0 heterocycles. The van der Waals surface area contributed by atoms with Gasteiger partial charge in [0.25, 0.3) is 11.6 Å². The number of nitrogens with one attached hydrogen (secondary N) is 1. The van der Waals surface area contributed by atoms with Gasteiger partial charge >= 0.3 is 0 Å². The summed E-state index contributed by atoms with van der Waals surface area (Å²) in [6, 6.07) is 8.80. The predicted molar refractivity (Wildman–Crippen MR) is 92.4 cm³/mol. The summed E-state index contributed by atoms with van der Waals surface area (Å²) in [5.41, 5.74) is 4.21. The van der Waals surface area contributed by atoms with Crippen LogP contribution in [0.15, 0.2) is 41.5 Å². The van der Waals surface area contributed by atoms with Crippen LogP contribution in [0.25, 0.3) is 0 Å². The molecule has 0 spiro atoms. The number of methoxy groups -OCH3 is 2. The van der Waals surface area contributed by atoms with Crippen LogP contribution in [-0.4, -0.2) is 31.3 Å². The van der Waals surface area contributed by atoms with E-state index in [9.17, 15) is 14.9 Å². The van der Waals surface area contributed by atoms with Gasteiger partial charge in [0.15, 0.2) is 11.5 Å². The Morgan fingerprint density at radius 2 is 1.76 bits per heavy atom. The van der Waals surface area contributed by atoms with Gasteiger partial charge in [-0.3, -0.25) is 14.9 Å². The molecular formula is C17H17N3O5. The molecule has 0 aliphatic heterocycles. The quantitative estimate of drug-likeness (QED) is 0.493. The van der Waals surface area contributed by atoms with Gasteiger partial charge in [0.05, 0.1) is 25.4 Å². The maximum atomic E-state index is 12.0. The summed E-state index contributed by atoms with van der Waals surface area (Å²) in [5.74, 6) is 0.688. The van der Waals surface area contributed by atoms with Gasteiger partial charge in [0.2, 0.25) is 0 Å². The van der Waals surface area contributed by atoms with E-state index in [1.165, 1.54) is 37.6 Å². The monoisotopic (exact) mass is 343 g/mol. The lowest BCUT2D eigenvalue weighted by atomic mass is 10.1. The van der Waals surface area contributed by atoms with Crippen LogP contribution in [0.4, 0.5) is 5.69 Å². The van der Waals surface area contributed by atoms with Gasteiger partial charge in [-0.05, 0) is 36.8 Å². The maximum absolute atomic E-state index is 12.0. The number of benzene rings is 2. The van der Waals surface area contributed by atoms with E-state index in [0.717, 1.165) is 11.1 Å². The predicted octanol–water partition coefficient (Wildman–Crippen LogP) is 2.68. The summed E-state index contributed by atoms with van der Waals surface area (Å²) >= 11 is 0. The third kappa shape index (κ3) is 4.31. The number of carbonyl (C=O) groups is 1. The fraction of sp³-hybridized carbons (Fsp3) is 0.176. The van der Waals surface area contributed by atoms with Crippen molar-refractivity contribution >= 4 is 17.8 Å². The van der Waals surface area contributed by atoms with Gasteiger partial charge in [-0.1, -0.05) is 0 Å². The lowest BCUT2D eigenvalue weighted by Crippen LogP contribution is -2.17. The molecule has 0 radical (unpaired) electrons. The fourth-order valence-electron chi connectivity index (χ4n) is 2.09. The van der Waals surface area contributed by atoms with Gasteiger partial charge in [0, 0.05) is 23.3 Å². The number of non-ortho nitro benzene ring substituents is 1. The van der Waals surface area contributed by atoms with Crippen molar-refractivity contribution in [2.45, 2.75) is 6.92 Å². The minimum atomic E-state index is -0.528. The smallest absolute Gasteiger partial charge is 0.271 e. The summed E-state index contributed by atoms with van der Waals surface area (Å²) in [6.45, 7) is 1.88. The molecule has 0 aliphatic carbocycles. The third-order valence-electron chi connectivity index (χ3n) is 3.48. The van der Waals surface area contributed by atoms with Crippen LogP contribution < -0.4 is 14.9 Å². The molecule has 0 unspecified atom stereocenters. The number of nitrogens with zero attached hydrogens (tertiary/aromatic N) is 2. The van der Waals surface area contributed by atoms with Crippen LogP contribution in [0.5, 0.6) is 11.5 Å². The van der Waals surface area contributed by atoms with E-state index in [-0.39, 0.29) is 11.3 Å². The van der Waals surface area contributed by atoms with Crippen molar-refractivity contribution in [1.82, 2.24) is 5.43 Å². The number of hydrogen-bond donors (Lipinski definition) is 1. The lowest BCUT2D eigenvalue weighted by Gasteiger charge is -2.10. The van der Waals surface area contributed by atoms with Crippen LogP contribution in [-0.2, 0) is 0 Å². The zero-order valence-electron chi connectivity index (χ0n) is 14.0. The maximum Gasteiger partial charge on any atom is 0.271 e. The minimum absolute atomic E-state index is 0.0824. The second kappa shape index (κ2) is 7.91. The highest BCUT2D eigenvalue weighted by molar-refractivity contribution is 5.95. The van der Waals surface area contributed by atoms with Crippen molar-refractivity contribution in [2.75, 3.05) is 14.2 Å². The molecule has 8 heteroatoms. The van der Waals surface area contributed by atoms with Crippen LogP contribution in [0, 0.1) is 17.0 Å². The van der Waals surface area contributed by atoms with Crippen molar-refractivity contribution in [3.05, 3.63) is 63.2 Å². The number of hydrogen-bond acceptors (Lipinski definition) is 6. The molecule has 1 N–H and O–H groups in total. The summed E-state index contributed by atoms with van der Waals surface area (Å²) in [5, 5.41) is 14.5. The highest BCUT2D eigenvalue weighted by Gasteiger charge is 2.09. The molecule has 0 fully saturated rings. The highest BCUT2D eigenvalue weighted by Crippen LogP contribution is 2.29. The topological polar surface area (TPSA) is 103 Å². The van der Waals surface area contributed by atoms with E-state index in [1.807, 2.05) is 6.92 Å². The van der Waals surface area contributed by atoms with Crippen molar-refractivity contribution in [1.29, 1.82) is 0 Å². The SMILES string of the molecule is COc1cc(C)c(/C=N\NC(=O)c2ccc([N+](=O)[O-])cc2)cc1OC. The van der Waals surface area contributed by atoms with Crippen LogP contribution in [0.1, 0.15) is 21.5 Å². The first kappa shape index (κ1) is 17.9. The molecule has 2 aromatic carbocycles. The van der Waals surface area contributed by atoms with Crippen molar-refractivity contribution in [3.8, 4) is 11.5 Å². The Kier molecular flexibility index (Phi) is 5.67. The Morgan fingerprint density at radius 3 is 2.32 bits per heavy atom. The minimum Gasteiger partial charge on any atom is -0.493 e. The number of carbonyl (C=O) groups excluding carboxylic acids is 1. The first-order valence-electron chi connectivity index (χ1n) is 7.26. The molecule has 25 heavy (non-hydrogen) atoms. The number of nitro groups is 1. The van der Waals surface area contributed by atoms with E-state index in [0.29, 0.717) is 11.5 Å². The van der Waals surface area contributed by atoms with E-state index in [1.54, 1.807) is 19.2 Å². The summed E-state index contributed by atoms with van der Waals surface area (Å²) in [4.78, 5) is 22.1. The number of nitro benzene ring substituents is 1. The largest absolute Gasteiger partial charge is 0.493 e. The van der Waals surface area contributed by atoms with Gasteiger partial charge in [-0.15, -0.1) is 0 Å². The summed E-state index contributed by atoms with van der Waals surface area (Å²) in [7, 11) is 3.08. The van der Waals surface area contributed by atoms with Gasteiger partial charge in [0.1, 0.15) is 0 Å². The van der Waals surface area contributed by atoms with E-state index >= 15 is 0 Å². The molecule has 2 rings (SSSR count). The number of hydrazone groups is 1. The molecule has 1 amide bonds. The standard InChI is InChI=1S/C17H17N3O5/c1-11-8-15(24-2)16(25-3)9-13(11)10-18-19-17(21)12-4-6-14(7-5-12)20(22)23/h4-10H,1-3H3,(H,19,21)/b18-10-. The van der Waals surface area contributed by atoms with E-state index in [2.05, 4.69) is 10.5 Å². The van der Waals surface area contributed by atoms with Gasteiger partial charge in [-0.25, -0.2) is 5.43 Å². The van der Waals surface area contributed by atoms with Crippen LogP contribution in [0.3, 0.4) is 0 Å². The molecule has 0 aromatic heterocycles. The highest BCUT2D eigenvalue weighted by atomic mass is 16.6. The Bertz CT molecular complexity index is 816. The van der Waals surface area contributed by atoms with E-state index in [4.69, 9.17) is 9.47 Å². The van der Waals surface area contributed by atoms with Gasteiger partial charge in [-0.2, -0.15) is 5.10 Å². The zero-order valence-corrected chi connectivity index (χ0v) is 14.0. The average molecular weight is 343 g/mol. The first-order chi connectivity index (χ1) is 12.0. The number of amides is 1. The fourth-order valence-corrected chi connectivity index (χ4v) is 2.09. The second-order valence-electron chi connectivity index (χ2n) is 5.07. The van der Waals surface area contributed by atoms with Crippen molar-refractivity contribution < 1.29 is 19.2 Å². The molecule has 130 valence electrons. The molecular weight excluding hydrogens is 326 g/mol. The zero-order chi connectivity index (χ0) is 18.4. The first-order valence-corrected chi connectivity index (χ1v) is 7.26. The Hall–Kier alpha value is -3.42. The molecule has 8 nitrogen and oxygen atoms in total. The summed E-state index contributed by atoms with van der Waals surface area (Å²) < 4.78 is 10.4. The number of ether oxygens (including phenoxy) is 2. The molecule has 0 saturated carbocycles. The number of aryl methyl sites for hydroxylation is 1. The summed E-state index contributed by atoms with van der Waals surface area (Å²) in [6.07, 6.45) is 1.49. The molecule has 2 aromatic rings. The molecule has 0 saturated heterocycles. The normalized spacial score (nSPS) is 10.5. The third-order valence-corrected chi connectivity index (χ3v) is 3.48. The second-order valence-corrected chi connectivity index (χ2v) is 5.07. The van der Waals surface area contributed by atoms with E-state index < -0.39 is 10.8 Å². The Labute approximate surface area is 144 Å². The van der Waals surface area contributed by atoms with Crippen LogP contribution >= 0.6 is 0 Å².